The summed E-state index contributed by atoms with van der Waals surface area (Å²) in [6, 6.07) is 7.63. The molecule has 0 fully saturated rings. The molecule has 7 heteroatoms. The molecule has 0 unspecified atom stereocenters. The Bertz CT molecular complexity index is 959. The first-order valence-corrected chi connectivity index (χ1v) is 9.39. The van der Waals surface area contributed by atoms with E-state index in [1.165, 1.54) is 11.3 Å². The maximum Gasteiger partial charge on any atom is 0.261 e. The van der Waals surface area contributed by atoms with Gasteiger partial charge in [0.15, 0.2) is 0 Å². The van der Waals surface area contributed by atoms with Crippen molar-refractivity contribution in [2.24, 2.45) is 0 Å². The van der Waals surface area contributed by atoms with Gasteiger partial charge in [-0.05, 0) is 31.2 Å². The van der Waals surface area contributed by atoms with Gasteiger partial charge >= 0.3 is 0 Å². The van der Waals surface area contributed by atoms with E-state index in [4.69, 9.17) is 16.3 Å². The molecule has 0 radical (unpaired) electrons. The highest BCUT2D eigenvalue weighted by molar-refractivity contribution is 7.13. The van der Waals surface area contributed by atoms with E-state index in [1.54, 1.807) is 18.6 Å². The molecule has 5 nitrogen and oxygen atoms in total. The SMILES string of the molecule is Cc1ccc(C(=O)NC[C@H]2Cc3cc(-c4cnccn4)cc(Cl)c3O2)s1. The Kier molecular flexibility index (Phi) is 4.61. The molecular formula is C19H16ClN3O2S. The summed E-state index contributed by atoms with van der Waals surface area (Å²) in [4.78, 5) is 22.4. The summed E-state index contributed by atoms with van der Waals surface area (Å²) in [5, 5.41) is 3.48. The van der Waals surface area contributed by atoms with Gasteiger partial charge in [0.1, 0.15) is 11.9 Å². The minimum Gasteiger partial charge on any atom is -0.486 e. The lowest BCUT2D eigenvalue weighted by Crippen LogP contribution is -2.34. The molecule has 1 aromatic carbocycles. The number of aryl methyl sites for hydroxylation is 1. The van der Waals surface area contributed by atoms with E-state index >= 15 is 0 Å². The molecule has 1 aliphatic heterocycles. The topological polar surface area (TPSA) is 64.1 Å². The molecule has 0 saturated carbocycles. The predicted molar refractivity (Wildman–Crippen MR) is 102 cm³/mol. The van der Waals surface area contributed by atoms with Crippen molar-refractivity contribution >= 4 is 28.8 Å². The molecule has 3 aromatic rings. The summed E-state index contributed by atoms with van der Waals surface area (Å²) in [5.74, 6) is 0.611. The Morgan fingerprint density at radius 1 is 1.38 bits per heavy atom. The van der Waals surface area contributed by atoms with Crippen LogP contribution < -0.4 is 10.1 Å². The number of hydrogen-bond acceptors (Lipinski definition) is 5. The highest BCUT2D eigenvalue weighted by atomic mass is 35.5. The summed E-state index contributed by atoms with van der Waals surface area (Å²) in [6.45, 7) is 2.41. The second-order valence-electron chi connectivity index (χ2n) is 6.10. The normalized spacial score (nSPS) is 15.4. The number of hydrogen-bond donors (Lipinski definition) is 1. The summed E-state index contributed by atoms with van der Waals surface area (Å²) >= 11 is 7.87. The lowest BCUT2D eigenvalue weighted by atomic mass is 10.0. The van der Waals surface area contributed by atoms with Gasteiger partial charge in [-0.15, -0.1) is 11.3 Å². The van der Waals surface area contributed by atoms with Gasteiger partial charge in [-0.2, -0.15) is 0 Å². The molecule has 1 aliphatic rings. The van der Waals surface area contributed by atoms with Crippen molar-refractivity contribution in [2.45, 2.75) is 19.4 Å². The van der Waals surface area contributed by atoms with Crippen LogP contribution in [0.1, 0.15) is 20.1 Å². The molecule has 1 N–H and O–H groups in total. The third-order valence-electron chi connectivity index (χ3n) is 4.17. The van der Waals surface area contributed by atoms with E-state index in [0.29, 0.717) is 28.6 Å². The Hall–Kier alpha value is -2.44. The van der Waals surface area contributed by atoms with E-state index in [-0.39, 0.29) is 12.0 Å². The fourth-order valence-corrected chi connectivity index (χ4v) is 4.02. The average Bonchev–Trinajstić information content (AvgIpc) is 3.27. The van der Waals surface area contributed by atoms with E-state index < -0.39 is 0 Å². The smallest absolute Gasteiger partial charge is 0.261 e. The van der Waals surface area contributed by atoms with Crippen molar-refractivity contribution in [1.29, 1.82) is 0 Å². The maximum absolute atomic E-state index is 12.2. The van der Waals surface area contributed by atoms with E-state index in [9.17, 15) is 4.79 Å². The number of thiophene rings is 1. The number of benzene rings is 1. The zero-order valence-electron chi connectivity index (χ0n) is 14.0. The number of carbonyl (C=O) groups excluding carboxylic acids is 1. The standard InChI is InChI=1S/C19H16ClN3O2S/c1-11-2-3-17(26-11)19(24)23-9-14-7-13-6-12(8-15(20)18(13)25-14)16-10-21-4-5-22-16/h2-6,8,10,14H,7,9H2,1H3,(H,23,24)/t14-/m1/s1. The van der Waals surface area contributed by atoms with Crippen molar-refractivity contribution in [1.82, 2.24) is 15.3 Å². The Balaban J connectivity index is 1.45. The molecule has 3 heterocycles. The molecule has 0 bridgehead atoms. The van der Waals surface area contributed by atoms with Gasteiger partial charge in [-0.3, -0.25) is 14.8 Å². The van der Waals surface area contributed by atoms with Gasteiger partial charge in [0.25, 0.3) is 5.91 Å². The van der Waals surface area contributed by atoms with Crippen molar-refractivity contribution < 1.29 is 9.53 Å². The van der Waals surface area contributed by atoms with Gasteiger partial charge in [0.2, 0.25) is 0 Å². The quantitative estimate of drug-likeness (QED) is 0.739. The second-order valence-corrected chi connectivity index (χ2v) is 7.80. The lowest BCUT2D eigenvalue weighted by molar-refractivity contribution is 0.0937. The lowest BCUT2D eigenvalue weighted by Gasteiger charge is -2.12. The van der Waals surface area contributed by atoms with Crippen LogP contribution in [0.4, 0.5) is 0 Å². The highest BCUT2D eigenvalue weighted by Crippen LogP contribution is 2.39. The molecule has 0 saturated heterocycles. The number of rotatable bonds is 4. The van der Waals surface area contributed by atoms with Crippen molar-refractivity contribution in [3.63, 3.8) is 0 Å². The number of halogens is 1. The van der Waals surface area contributed by atoms with Crippen LogP contribution in [0, 0.1) is 6.92 Å². The highest BCUT2D eigenvalue weighted by Gasteiger charge is 2.26. The zero-order chi connectivity index (χ0) is 18.1. The van der Waals surface area contributed by atoms with Crippen LogP contribution >= 0.6 is 22.9 Å². The number of fused-ring (bicyclic) bond motifs is 1. The van der Waals surface area contributed by atoms with Gasteiger partial charge in [-0.1, -0.05) is 11.6 Å². The van der Waals surface area contributed by atoms with Gasteiger partial charge in [0.05, 0.1) is 28.3 Å². The summed E-state index contributed by atoms with van der Waals surface area (Å²) in [5.41, 5.74) is 2.69. The third-order valence-corrected chi connectivity index (χ3v) is 5.45. The minimum atomic E-state index is -0.135. The number of carbonyl (C=O) groups is 1. The van der Waals surface area contributed by atoms with Crippen molar-refractivity contribution in [3.05, 3.63) is 63.2 Å². The number of nitrogens with one attached hydrogen (secondary N) is 1. The number of amides is 1. The maximum atomic E-state index is 12.2. The van der Waals surface area contributed by atoms with Crippen LogP contribution in [0.2, 0.25) is 5.02 Å². The van der Waals surface area contributed by atoms with Crippen LogP contribution in [0.3, 0.4) is 0 Å². The summed E-state index contributed by atoms with van der Waals surface area (Å²) < 4.78 is 5.94. The third kappa shape index (κ3) is 3.43. The molecule has 1 amide bonds. The van der Waals surface area contributed by atoms with E-state index in [2.05, 4.69) is 15.3 Å². The number of aromatic nitrogens is 2. The fourth-order valence-electron chi connectivity index (χ4n) is 2.95. The second kappa shape index (κ2) is 7.05. The van der Waals surface area contributed by atoms with E-state index in [0.717, 1.165) is 21.7 Å². The largest absolute Gasteiger partial charge is 0.486 e. The first-order chi connectivity index (χ1) is 12.6. The molecule has 1 atom stereocenters. The van der Waals surface area contributed by atoms with Gasteiger partial charge in [0, 0.05) is 34.8 Å². The summed E-state index contributed by atoms with van der Waals surface area (Å²) in [7, 11) is 0. The molecule has 4 rings (SSSR count). The number of ether oxygens (including phenoxy) is 1. The first kappa shape index (κ1) is 17.0. The van der Waals surface area contributed by atoms with Crippen molar-refractivity contribution in [2.75, 3.05) is 6.54 Å². The Morgan fingerprint density at radius 3 is 3.00 bits per heavy atom. The van der Waals surface area contributed by atoms with Crippen LogP contribution in [0.15, 0.2) is 42.9 Å². The monoisotopic (exact) mass is 385 g/mol. The molecule has 132 valence electrons. The minimum absolute atomic E-state index is 0.0750. The van der Waals surface area contributed by atoms with Crippen molar-refractivity contribution in [3.8, 4) is 17.0 Å². The Morgan fingerprint density at radius 2 is 2.27 bits per heavy atom. The zero-order valence-corrected chi connectivity index (χ0v) is 15.6. The van der Waals surface area contributed by atoms with Crippen LogP contribution in [0.25, 0.3) is 11.3 Å². The molecule has 2 aromatic heterocycles. The van der Waals surface area contributed by atoms with Crippen LogP contribution in [-0.4, -0.2) is 28.5 Å². The number of nitrogens with zero attached hydrogens (tertiary/aromatic N) is 2. The van der Waals surface area contributed by atoms with Crippen LogP contribution in [-0.2, 0) is 6.42 Å². The molecule has 26 heavy (non-hydrogen) atoms. The van der Waals surface area contributed by atoms with E-state index in [1.807, 2.05) is 31.2 Å². The first-order valence-electron chi connectivity index (χ1n) is 8.20. The molecule has 0 spiro atoms. The summed E-state index contributed by atoms with van der Waals surface area (Å²) in [6.07, 6.45) is 5.54. The molecule has 0 aliphatic carbocycles. The molecular weight excluding hydrogens is 370 g/mol. The Labute approximate surface area is 160 Å². The fraction of sp³-hybridized carbons (Fsp3) is 0.211. The predicted octanol–water partition coefficient (Wildman–Crippen LogP) is 3.90. The van der Waals surface area contributed by atoms with Gasteiger partial charge < -0.3 is 10.1 Å². The average molecular weight is 386 g/mol. The van der Waals surface area contributed by atoms with Crippen LogP contribution in [0.5, 0.6) is 5.75 Å². The van der Waals surface area contributed by atoms with Gasteiger partial charge in [-0.25, -0.2) is 0 Å².